The quantitative estimate of drug-likeness (QED) is 0.718. The SMILES string of the molecule is CC(C)NC(C#N)C1CCC(C)O1. The molecule has 3 nitrogen and oxygen atoms in total. The summed E-state index contributed by atoms with van der Waals surface area (Å²) in [5.74, 6) is 0. The third-order valence-corrected chi connectivity index (χ3v) is 2.29. The highest BCUT2D eigenvalue weighted by atomic mass is 16.5. The molecule has 0 aromatic rings. The molecule has 0 bridgehead atoms. The number of hydrogen-bond acceptors (Lipinski definition) is 3. The second kappa shape index (κ2) is 4.59. The van der Waals surface area contributed by atoms with E-state index in [1.54, 1.807) is 0 Å². The van der Waals surface area contributed by atoms with E-state index in [0.29, 0.717) is 12.1 Å². The standard InChI is InChI=1S/C10H18N2O/c1-7(2)12-9(6-11)10-5-4-8(3)13-10/h7-10,12H,4-5H2,1-3H3. The van der Waals surface area contributed by atoms with Gasteiger partial charge in [-0.3, -0.25) is 5.32 Å². The molecule has 1 rings (SSSR count). The van der Waals surface area contributed by atoms with Gasteiger partial charge >= 0.3 is 0 Å². The van der Waals surface area contributed by atoms with Gasteiger partial charge in [0.15, 0.2) is 0 Å². The second-order valence-corrected chi connectivity index (χ2v) is 3.99. The van der Waals surface area contributed by atoms with Crippen molar-refractivity contribution in [3.05, 3.63) is 0 Å². The van der Waals surface area contributed by atoms with Crippen molar-refractivity contribution in [1.29, 1.82) is 5.26 Å². The van der Waals surface area contributed by atoms with Crippen LogP contribution in [0.2, 0.25) is 0 Å². The minimum Gasteiger partial charge on any atom is -0.373 e. The first-order valence-electron chi connectivity index (χ1n) is 4.94. The van der Waals surface area contributed by atoms with Crippen molar-refractivity contribution < 1.29 is 4.74 Å². The lowest BCUT2D eigenvalue weighted by Gasteiger charge is -2.20. The van der Waals surface area contributed by atoms with Crippen LogP contribution in [0.5, 0.6) is 0 Å². The molecular weight excluding hydrogens is 164 g/mol. The molecule has 0 spiro atoms. The van der Waals surface area contributed by atoms with Crippen LogP contribution in [0.25, 0.3) is 0 Å². The number of nitrogens with one attached hydrogen (secondary N) is 1. The second-order valence-electron chi connectivity index (χ2n) is 3.99. The first kappa shape index (κ1) is 10.5. The monoisotopic (exact) mass is 182 g/mol. The van der Waals surface area contributed by atoms with Crippen LogP contribution in [0.4, 0.5) is 0 Å². The molecule has 1 aliphatic rings. The topological polar surface area (TPSA) is 45.0 Å². The molecule has 0 aromatic carbocycles. The van der Waals surface area contributed by atoms with Crippen LogP contribution in [0.3, 0.4) is 0 Å². The summed E-state index contributed by atoms with van der Waals surface area (Å²) in [5.41, 5.74) is 0. The van der Waals surface area contributed by atoms with Crippen LogP contribution >= 0.6 is 0 Å². The van der Waals surface area contributed by atoms with Gasteiger partial charge in [0, 0.05) is 6.04 Å². The average Bonchev–Trinajstić information content (AvgIpc) is 2.47. The van der Waals surface area contributed by atoms with E-state index in [4.69, 9.17) is 10.00 Å². The van der Waals surface area contributed by atoms with E-state index < -0.39 is 0 Å². The molecule has 13 heavy (non-hydrogen) atoms. The molecule has 1 aliphatic heterocycles. The van der Waals surface area contributed by atoms with Crippen molar-refractivity contribution >= 4 is 0 Å². The molecule has 3 unspecified atom stereocenters. The van der Waals surface area contributed by atoms with Gasteiger partial charge < -0.3 is 4.74 Å². The van der Waals surface area contributed by atoms with E-state index in [-0.39, 0.29) is 12.1 Å². The molecule has 0 aliphatic carbocycles. The minimum atomic E-state index is -0.148. The molecular formula is C10H18N2O. The summed E-state index contributed by atoms with van der Waals surface area (Å²) in [7, 11) is 0. The Labute approximate surface area is 80.1 Å². The molecule has 1 N–H and O–H groups in total. The number of rotatable bonds is 3. The predicted octanol–water partition coefficient (Wildman–Crippen LogP) is 1.44. The van der Waals surface area contributed by atoms with E-state index in [1.807, 2.05) is 13.8 Å². The summed E-state index contributed by atoms with van der Waals surface area (Å²) in [6.45, 7) is 6.15. The van der Waals surface area contributed by atoms with Crippen molar-refractivity contribution in [3.63, 3.8) is 0 Å². The molecule has 74 valence electrons. The first-order chi connectivity index (χ1) is 6.13. The van der Waals surface area contributed by atoms with Gasteiger partial charge in [-0.2, -0.15) is 5.26 Å². The number of ether oxygens (including phenoxy) is 1. The van der Waals surface area contributed by atoms with Gasteiger partial charge in [-0.25, -0.2) is 0 Å². The van der Waals surface area contributed by atoms with Gasteiger partial charge in [0.25, 0.3) is 0 Å². The lowest BCUT2D eigenvalue weighted by Crippen LogP contribution is -2.42. The van der Waals surface area contributed by atoms with E-state index in [9.17, 15) is 0 Å². The van der Waals surface area contributed by atoms with Crippen molar-refractivity contribution in [2.24, 2.45) is 0 Å². The molecule has 1 saturated heterocycles. The van der Waals surface area contributed by atoms with Gasteiger partial charge in [-0.05, 0) is 33.6 Å². The van der Waals surface area contributed by atoms with Crippen LogP contribution in [-0.2, 0) is 4.74 Å². The predicted molar refractivity (Wildman–Crippen MR) is 51.2 cm³/mol. The molecule has 3 atom stereocenters. The van der Waals surface area contributed by atoms with Gasteiger partial charge in [0.1, 0.15) is 6.04 Å². The Hall–Kier alpha value is -0.590. The average molecular weight is 182 g/mol. The zero-order valence-electron chi connectivity index (χ0n) is 8.58. The normalized spacial score (nSPS) is 30.4. The summed E-state index contributed by atoms with van der Waals surface area (Å²) in [4.78, 5) is 0. The molecule has 0 aromatic heterocycles. The molecule has 0 saturated carbocycles. The summed E-state index contributed by atoms with van der Waals surface area (Å²) >= 11 is 0. The smallest absolute Gasteiger partial charge is 0.122 e. The number of nitrogens with zero attached hydrogens (tertiary/aromatic N) is 1. The Morgan fingerprint density at radius 2 is 2.15 bits per heavy atom. The largest absolute Gasteiger partial charge is 0.373 e. The fourth-order valence-corrected chi connectivity index (χ4v) is 1.67. The molecule has 0 amide bonds. The maximum absolute atomic E-state index is 8.93. The Kier molecular flexibility index (Phi) is 3.71. The Morgan fingerprint density at radius 3 is 2.54 bits per heavy atom. The zero-order chi connectivity index (χ0) is 9.84. The number of nitriles is 1. The summed E-state index contributed by atoms with van der Waals surface area (Å²) in [6, 6.07) is 2.45. The molecule has 0 radical (unpaired) electrons. The summed E-state index contributed by atoms with van der Waals surface area (Å²) in [5, 5.41) is 12.1. The van der Waals surface area contributed by atoms with Crippen LogP contribution < -0.4 is 5.32 Å². The first-order valence-corrected chi connectivity index (χ1v) is 4.94. The third-order valence-electron chi connectivity index (χ3n) is 2.29. The molecule has 1 heterocycles. The Morgan fingerprint density at radius 1 is 1.46 bits per heavy atom. The summed E-state index contributed by atoms with van der Waals surface area (Å²) in [6.07, 6.45) is 2.47. The fraction of sp³-hybridized carbons (Fsp3) is 0.900. The van der Waals surface area contributed by atoms with Crippen molar-refractivity contribution in [2.45, 2.75) is 57.9 Å². The van der Waals surface area contributed by atoms with Gasteiger partial charge in [0.05, 0.1) is 18.3 Å². The third kappa shape index (κ3) is 2.98. The van der Waals surface area contributed by atoms with E-state index >= 15 is 0 Å². The minimum absolute atomic E-state index is 0.0856. The lowest BCUT2D eigenvalue weighted by molar-refractivity contribution is 0.0417. The highest BCUT2D eigenvalue weighted by Crippen LogP contribution is 2.21. The molecule has 3 heteroatoms. The number of hydrogen-bond donors (Lipinski definition) is 1. The maximum Gasteiger partial charge on any atom is 0.122 e. The van der Waals surface area contributed by atoms with Gasteiger partial charge in [-0.15, -0.1) is 0 Å². The maximum atomic E-state index is 8.93. The van der Waals surface area contributed by atoms with Crippen molar-refractivity contribution in [3.8, 4) is 6.07 Å². The van der Waals surface area contributed by atoms with Crippen LogP contribution in [0.1, 0.15) is 33.6 Å². The zero-order valence-corrected chi connectivity index (χ0v) is 8.58. The summed E-state index contributed by atoms with van der Waals surface area (Å²) < 4.78 is 5.63. The Balaban J connectivity index is 2.43. The van der Waals surface area contributed by atoms with Crippen molar-refractivity contribution in [2.75, 3.05) is 0 Å². The van der Waals surface area contributed by atoms with E-state index in [1.165, 1.54) is 0 Å². The highest BCUT2D eigenvalue weighted by molar-refractivity contribution is 4.98. The van der Waals surface area contributed by atoms with E-state index in [0.717, 1.165) is 12.8 Å². The molecule has 1 fully saturated rings. The van der Waals surface area contributed by atoms with Crippen LogP contribution in [0.15, 0.2) is 0 Å². The van der Waals surface area contributed by atoms with Gasteiger partial charge in [0.2, 0.25) is 0 Å². The highest BCUT2D eigenvalue weighted by Gasteiger charge is 2.29. The van der Waals surface area contributed by atoms with E-state index in [2.05, 4.69) is 18.3 Å². The van der Waals surface area contributed by atoms with Crippen molar-refractivity contribution in [1.82, 2.24) is 5.32 Å². The van der Waals surface area contributed by atoms with Gasteiger partial charge in [-0.1, -0.05) is 0 Å². The fourth-order valence-electron chi connectivity index (χ4n) is 1.67. The Bertz CT molecular complexity index is 198. The van der Waals surface area contributed by atoms with Crippen LogP contribution in [-0.4, -0.2) is 24.3 Å². The van der Waals surface area contributed by atoms with Crippen LogP contribution in [0, 0.1) is 11.3 Å². The lowest BCUT2D eigenvalue weighted by atomic mass is 10.1.